The number of benzene rings is 1. The van der Waals surface area contributed by atoms with Crippen LogP contribution in [0.5, 0.6) is 0 Å². The van der Waals surface area contributed by atoms with Gasteiger partial charge in [0.1, 0.15) is 10.7 Å². The zero-order valence-electron chi connectivity index (χ0n) is 9.79. The van der Waals surface area contributed by atoms with Crippen molar-refractivity contribution in [3.8, 4) is 11.1 Å². The maximum Gasteiger partial charge on any atom is 0.242 e. The fourth-order valence-corrected chi connectivity index (χ4v) is 2.68. The zero-order chi connectivity index (χ0) is 13.2. The van der Waals surface area contributed by atoms with Crippen LogP contribution in [0.4, 0.5) is 5.82 Å². The average molecular weight is 263 g/mol. The molecule has 2 aromatic rings. The third kappa shape index (κ3) is 2.34. The Morgan fingerprint density at radius 3 is 2.39 bits per heavy atom. The van der Waals surface area contributed by atoms with E-state index in [9.17, 15) is 8.42 Å². The van der Waals surface area contributed by atoms with Crippen molar-refractivity contribution in [2.75, 3.05) is 12.4 Å². The van der Waals surface area contributed by atoms with Gasteiger partial charge in [0.25, 0.3) is 0 Å². The summed E-state index contributed by atoms with van der Waals surface area (Å²) in [6.07, 6.45) is 1.54. The summed E-state index contributed by atoms with van der Waals surface area (Å²) in [6, 6.07) is 10.8. The normalized spacial score (nSPS) is 11.2. The highest BCUT2D eigenvalue weighted by Crippen LogP contribution is 2.30. The van der Waals surface area contributed by atoms with Crippen molar-refractivity contribution in [1.82, 2.24) is 4.98 Å². The van der Waals surface area contributed by atoms with E-state index in [-0.39, 0.29) is 10.7 Å². The Kier molecular flexibility index (Phi) is 3.31. The lowest BCUT2D eigenvalue weighted by Crippen LogP contribution is -2.16. The molecule has 1 aromatic carbocycles. The number of aromatic nitrogens is 1. The van der Waals surface area contributed by atoms with Crippen molar-refractivity contribution in [3.63, 3.8) is 0 Å². The molecule has 0 radical (unpaired) electrons. The van der Waals surface area contributed by atoms with Crippen LogP contribution in [-0.4, -0.2) is 20.4 Å². The third-order valence-electron chi connectivity index (χ3n) is 2.51. The van der Waals surface area contributed by atoms with Crippen LogP contribution in [0.25, 0.3) is 11.1 Å². The molecule has 94 valence electrons. The monoisotopic (exact) mass is 263 g/mol. The largest absolute Gasteiger partial charge is 0.372 e. The van der Waals surface area contributed by atoms with Gasteiger partial charge in [-0.15, -0.1) is 0 Å². The Morgan fingerprint density at radius 2 is 1.83 bits per heavy atom. The van der Waals surface area contributed by atoms with Gasteiger partial charge in [0.2, 0.25) is 10.0 Å². The van der Waals surface area contributed by atoms with Crippen LogP contribution in [0.1, 0.15) is 0 Å². The van der Waals surface area contributed by atoms with Gasteiger partial charge in [-0.3, -0.25) is 0 Å². The first-order valence-electron chi connectivity index (χ1n) is 5.29. The maximum absolute atomic E-state index is 11.7. The second-order valence-corrected chi connectivity index (χ2v) is 5.20. The Morgan fingerprint density at radius 1 is 1.17 bits per heavy atom. The average Bonchev–Trinajstić information content (AvgIpc) is 2.38. The number of primary sulfonamides is 1. The molecule has 0 unspecified atom stereocenters. The van der Waals surface area contributed by atoms with Crippen molar-refractivity contribution in [2.24, 2.45) is 5.14 Å². The van der Waals surface area contributed by atoms with Gasteiger partial charge in [-0.05, 0) is 11.6 Å². The standard InChI is InChI=1S/C12H13N3O2S/c1-14-12-11(18(13,16)17)10(7-8-15-12)9-5-3-2-4-6-9/h2-8H,1H3,(H,14,15)(H2,13,16,17). The van der Waals surface area contributed by atoms with Crippen molar-refractivity contribution in [1.29, 1.82) is 0 Å². The molecule has 18 heavy (non-hydrogen) atoms. The first kappa shape index (κ1) is 12.5. The van der Waals surface area contributed by atoms with Gasteiger partial charge >= 0.3 is 0 Å². The molecule has 1 aromatic heterocycles. The minimum absolute atomic E-state index is 0.0127. The molecule has 6 heteroatoms. The molecule has 0 aliphatic carbocycles. The van der Waals surface area contributed by atoms with E-state index in [0.717, 1.165) is 5.56 Å². The van der Waals surface area contributed by atoms with Crippen molar-refractivity contribution < 1.29 is 8.42 Å². The molecular formula is C12H13N3O2S. The molecular weight excluding hydrogens is 250 g/mol. The van der Waals surface area contributed by atoms with E-state index >= 15 is 0 Å². The Hall–Kier alpha value is -1.92. The van der Waals surface area contributed by atoms with Crippen LogP contribution in [0.3, 0.4) is 0 Å². The van der Waals surface area contributed by atoms with Gasteiger partial charge < -0.3 is 5.32 Å². The molecule has 0 aliphatic heterocycles. The summed E-state index contributed by atoms with van der Waals surface area (Å²) in [5.41, 5.74) is 1.32. The number of hydrogen-bond donors (Lipinski definition) is 2. The van der Waals surface area contributed by atoms with Crippen LogP contribution in [0, 0.1) is 0 Å². The lowest BCUT2D eigenvalue weighted by molar-refractivity contribution is 0.598. The molecule has 3 N–H and O–H groups in total. The Bertz CT molecular complexity index is 654. The highest BCUT2D eigenvalue weighted by molar-refractivity contribution is 7.89. The third-order valence-corrected chi connectivity index (χ3v) is 3.49. The summed E-state index contributed by atoms with van der Waals surface area (Å²) < 4.78 is 23.4. The molecule has 0 saturated carbocycles. The lowest BCUT2D eigenvalue weighted by atomic mass is 10.1. The van der Waals surface area contributed by atoms with Crippen molar-refractivity contribution >= 4 is 15.8 Å². The van der Waals surface area contributed by atoms with Gasteiger partial charge in [0, 0.05) is 18.8 Å². The van der Waals surface area contributed by atoms with Crippen LogP contribution >= 0.6 is 0 Å². The zero-order valence-corrected chi connectivity index (χ0v) is 10.6. The summed E-state index contributed by atoms with van der Waals surface area (Å²) in [7, 11) is -2.25. The van der Waals surface area contributed by atoms with Gasteiger partial charge in [-0.2, -0.15) is 0 Å². The second-order valence-electron chi connectivity index (χ2n) is 3.70. The molecule has 0 bridgehead atoms. The molecule has 0 atom stereocenters. The number of anilines is 1. The number of pyridine rings is 1. The van der Waals surface area contributed by atoms with Gasteiger partial charge in [-0.1, -0.05) is 30.3 Å². The summed E-state index contributed by atoms with van der Waals surface area (Å²) >= 11 is 0. The highest BCUT2D eigenvalue weighted by Gasteiger charge is 2.20. The number of rotatable bonds is 3. The summed E-state index contributed by atoms with van der Waals surface area (Å²) in [5.74, 6) is 0.249. The SMILES string of the molecule is CNc1nccc(-c2ccccc2)c1S(N)(=O)=O. The number of nitrogens with two attached hydrogens (primary N) is 1. The molecule has 1 heterocycles. The molecule has 0 spiro atoms. The quantitative estimate of drug-likeness (QED) is 0.877. The molecule has 0 saturated heterocycles. The smallest absolute Gasteiger partial charge is 0.242 e. The number of sulfonamides is 1. The van der Waals surface area contributed by atoms with Crippen LogP contribution in [0.15, 0.2) is 47.5 Å². The molecule has 0 amide bonds. The van der Waals surface area contributed by atoms with E-state index in [1.165, 1.54) is 0 Å². The lowest BCUT2D eigenvalue weighted by Gasteiger charge is -2.11. The maximum atomic E-state index is 11.7. The fraction of sp³-hybridized carbons (Fsp3) is 0.0833. The highest BCUT2D eigenvalue weighted by atomic mass is 32.2. The first-order valence-corrected chi connectivity index (χ1v) is 6.83. The second kappa shape index (κ2) is 4.75. The number of nitrogens with one attached hydrogen (secondary N) is 1. The van der Waals surface area contributed by atoms with E-state index in [1.807, 2.05) is 30.3 Å². The van der Waals surface area contributed by atoms with E-state index in [4.69, 9.17) is 5.14 Å². The number of nitrogens with zero attached hydrogens (tertiary/aromatic N) is 1. The summed E-state index contributed by atoms with van der Waals surface area (Å²) in [6.45, 7) is 0. The Balaban J connectivity index is 2.77. The van der Waals surface area contributed by atoms with E-state index < -0.39 is 10.0 Å². The molecule has 2 rings (SSSR count). The Labute approximate surface area is 106 Å². The predicted octanol–water partition coefficient (Wildman–Crippen LogP) is 1.44. The first-order chi connectivity index (χ1) is 8.54. The predicted molar refractivity (Wildman–Crippen MR) is 70.6 cm³/mol. The van der Waals surface area contributed by atoms with Crippen LogP contribution in [-0.2, 0) is 10.0 Å². The van der Waals surface area contributed by atoms with Gasteiger partial charge in [-0.25, -0.2) is 18.5 Å². The minimum Gasteiger partial charge on any atom is -0.372 e. The topological polar surface area (TPSA) is 85.1 Å². The van der Waals surface area contributed by atoms with E-state index in [2.05, 4.69) is 10.3 Å². The minimum atomic E-state index is -3.85. The van der Waals surface area contributed by atoms with Crippen molar-refractivity contribution in [3.05, 3.63) is 42.6 Å². The van der Waals surface area contributed by atoms with E-state index in [0.29, 0.717) is 5.56 Å². The summed E-state index contributed by atoms with van der Waals surface area (Å²) in [5, 5.41) is 8.01. The van der Waals surface area contributed by atoms with Gasteiger partial charge in [0.15, 0.2) is 0 Å². The molecule has 0 fully saturated rings. The van der Waals surface area contributed by atoms with Crippen LogP contribution in [0.2, 0.25) is 0 Å². The summed E-state index contributed by atoms with van der Waals surface area (Å²) in [4.78, 5) is 3.99. The molecule has 5 nitrogen and oxygen atoms in total. The van der Waals surface area contributed by atoms with E-state index in [1.54, 1.807) is 19.3 Å². The number of hydrogen-bond acceptors (Lipinski definition) is 4. The molecule has 0 aliphatic rings. The van der Waals surface area contributed by atoms with Gasteiger partial charge in [0.05, 0.1) is 0 Å². The van der Waals surface area contributed by atoms with Crippen molar-refractivity contribution in [2.45, 2.75) is 4.90 Å². The van der Waals surface area contributed by atoms with Crippen LogP contribution < -0.4 is 10.5 Å². The fourth-order valence-electron chi connectivity index (χ4n) is 1.76.